The zero-order valence-corrected chi connectivity index (χ0v) is 11.9. The van der Waals surface area contributed by atoms with Crippen molar-refractivity contribution in [1.29, 1.82) is 0 Å². The van der Waals surface area contributed by atoms with Crippen LogP contribution < -0.4 is 5.32 Å². The lowest BCUT2D eigenvalue weighted by molar-refractivity contribution is -0.0353. The minimum Gasteiger partial charge on any atom is -0.378 e. The summed E-state index contributed by atoms with van der Waals surface area (Å²) in [7, 11) is 2.36. The van der Waals surface area contributed by atoms with Crippen LogP contribution >= 0.6 is 0 Å². The Morgan fingerprint density at radius 2 is 1.78 bits per heavy atom. The van der Waals surface area contributed by atoms with Gasteiger partial charge in [-0.05, 0) is 52.0 Å². The second kappa shape index (κ2) is 5.48. The number of rotatable bonds is 3. The normalized spacial score (nSPS) is 44.5. The van der Waals surface area contributed by atoms with Crippen LogP contribution in [0.4, 0.5) is 0 Å². The SMILES string of the molecule is CCC1CC(N(C)C2CC3CCC(C2)N3)CCO1. The predicted molar refractivity (Wildman–Crippen MR) is 73.8 cm³/mol. The summed E-state index contributed by atoms with van der Waals surface area (Å²) in [4.78, 5) is 2.69. The lowest BCUT2D eigenvalue weighted by Gasteiger charge is -2.42. The van der Waals surface area contributed by atoms with E-state index in [1.54, 1.807) is 0 Å². The van der Waals surface area contributed by atoms with Crippen LogP contribution in [0.5, 0.6) is 0 Å². The number of hydrogen-bond donors (Lipinski definition) is 1. The van der Waals surface area contributed by atoms with E-state index in [0.717, 1.165) is 30.8 Å². The Morgan fingerprint density at radius 3 is 2.44 bits per heavy atom. The molecule has 3 nitrogen and oxygen atoms in total. The molecule has 0 spiro atoms. The highest BCUT2D eigenvalue weighted by molar-refractivity contribution is 4.96. The summed E-state index contributed by atoms with van der Waals surface area (Å²) in [5.74, 6) is 0. The van der Waals surface area contributed by atoms with Gasteiger partial charge in [0, 0.05) is 30.8 Å². The molecule has 4 unspecified atom stereocenters. The van der Waals surface area contributed by atoms with Crippen LogP contribution in [-0.2, 0) is 4.74 Å². The maximum absolute atomic E-state index is 5.81. The van der Waals surface area contributed by atoms with E-state index >= 15 is 0 Å². The average Bonchev–Trinajstić information content (AvgIpc) is 2.76. The molecule has 4 atom stereocenters. The van der Waals surface area contributed by atoms with E-state index in [9.17, 15) is 0 Å². The van der Waals surface area contributed by atoms with Gasteiger partial charge in [-0.15, -0.1) is 0 Å². The molecule has 3 rings (SSSR count). The first-order chi connectivity index (χ1) is 8.76. The molecule has 3 aliphatic heterocycles. The van der Waals surface area contributed by atoms with Crippen molar-refractivity contribution in [2.45, 2.75) is 82.1 Å². The van der Waals surface area contributed by atoms with E-state index in [-0.39, 0.29) is 0 Å². The molecule has 0 aromatic carbocycles. The molecule has 18 heavy (non-hydrogen) atoms. The van der Waals surface area contributed by atoms with Gasteiger partial charge in [0.05, 0.1) is 6.10 Å². The monoisotopic (exact) mass is 252 g/mol. The first-order valence-corrected chi connectivity index (χ1v) is 7.85. The Bertz CT molecular complexity index is 272. The Hall–Kier alpha value is -0.120. The van der Waals surface area contributed by atoms with Gasteiger partial charge in [-0.25, -0.2) is 0 Å². The van der Waals surface area contributed by atoms with E-state index in [1.807, 2.05) is 0 Å². The van der Waals surface area contributed by atoms with Crippen LogP contribution in [0.2, 0.25) is 0 Å². The fourth-order valence-electron chi connectivity index (χ4n) is 4.17. The third kappa shape index (κ3) is 2.59. The summed E-state index contributed by atoms with van der Waals surface area (Å²) < 4.78 is 5.81. The summed E-state index contributed by atoms with van der Waals surface area (Å²) in [6, 6.07) is 3.17. The van der Waals surface area contributed by atoms with E-state index in [2.05, 4.69) is 24.2 Å². The van der Waals surface area contributed by atoms with Gasteiger partial charge < -0.3 is 15.0 Å². The predicted octanol–water partition coefficient (Wildman–Crippen LogP) is 2.16. The highest BCUT2D eigenvalue weighted by Gasteiger charge is 2.37. The standard InChI is InChI=1S/C15H28N2O/c1-3-15-10-13(6-7-18-15)17(2)14-8-11-4-5-12(9-14)16-11/h11-16H,3-10H2,1-2H3. The zero-order chi connectivity index (χ0) is 12.5. The van der Waals surface area contributed by atoms with Crippen LogP contribution in [0.1, 0.15) is 51.9 Å². The van der Waals surface area contributed by atoms with Crippen LogP contribution in [0.3, 0.4) is 0 Å². The van der Waals surface area contributed by atoms with Crippen molar-refractivity contribution in [3.05, 3.63) is 0 Å². The maximum Gasteiger partial charge on any atom is 0.0587 e. The summed E-state index contributed by atoms with van der Waals surface area (Å²) in [5, 5.41) is 3.75. The highest BCUT2D eigenvalue weighted by Crippen LogP contribution is 2.32. The molecule has 0 aromatic rings. The molecule has 3 heterocycles. The quantitative estimate of drug-likeness (QED) is 0.833. The Labute approximate surface area is 111 Å². The van der Waals surface area contributed by atoms with Gasteiger partial charge in [0.15, 0.2) is 0 Å². The summed E-state index contributed by atoms with van der Waals surface area (Å²) in [6.07, 6.45) is 9.67. The summed E-state index contributed by atoms with van der Waals surface area (Å²) in [5.41, 5.74) is 0. The number of fused-ring (bicyclic) bond motifs is 2. The van der Waals surface area contributed by atoms with Crippen molar-refractivity contribution < 1.29 is 4.74 Å². The fourth-order valence-corrected chi connectivity index (χ4v) is 4.17. The van der Waals surface area contributed by atoms with Gasteiger partial charge in [-0.2, -0.15) is 0 Å². The van der Waals surface area contributed by atoms with Crippen LogP contribution in [0.15, 0.2) is 0 Å². The van der Waals surface area contributed by atoms with Gasteiger partial charge in [0.1, 0.15) is 0 Å². The van der Waals surface area contributed by atoms with Gasteiger partial charge in [0.25, 0.3) is 0 Å². The number of nitrogens with zero attached hydrogens (tertiary/aromatic N) is 1. The Kier molecular flexibility index (Phi) is 3.92. The molecule has 3 heteroatoms. The molecular formula is C15H28N2O. The van der Waals surface area contributed by atoms with Crippen molar-refractivity contribution in [3.63, 3.8) is 0 Å². The van der Waals surface area contributed by atoms with Crippen LogP contribution in [-0.4, -0.2) is 48.8 Å². The van der Waals surface area contributed by atoms with Gasteiger partial charge in [-0.1, -0.05) is 6.92 Å². The lowest BCUT2D eigenvalue weighted by atomic mass is 9.93. The van der Waals surface area contributed by atoms with Crippen molar-refractivity contribution in [2.75, 3.05) is 13.7 Å². The van der Waals surface area contributed by atoms with Crippen molar-refractivity contribution in [3.8, 4) is 0 Å². The molecule has 0 saturated carbocycles. The zero-order valence-electron chi connectivity index (χ0n) is 11.9. The van der Waals surface area contributed by atoms with Crippen LogP contribution in [0.25, 0.3) is 0 Å². The van der Waals surface area contributed by atoms with Crippen molar-refractivity contribution >= 4 is 0 Å². The van der Waals surface area contributed by atoms with E-state index < -0.39 is 0 Å². The molecule has 0 amide bonds. The van der Waals surface area contributed by atoms with E-state index in [0.29, 0.717) is 6.10 Å². The minimum atomic E-state index is 0.504. The lowest BCUT2D eigenvalue weighted by Crippen LogP contribution is -2.51. The summed E-state index contributed by atoms with van der Waals surface area (Å²) in [6.45, 7) is 3.21. The molecule has 0 aromatic heterocycles. The average molecular weight is 252 g/mol. The number of ether oxygens (including phenoxy) is 1. The topological polar surface area (TPSA) is 24.5 Å². The molecule has 3 aliphatic rings. The maximum atomic E-state index is 5.81. The molecule has 2 bridgehead atoms. The van der Waals surface area contributed by atoms with E-state index in [4.69, 9.17) is 4.74 Å². The first kappa shape index (κ1) is 12.9. The van der Waals surface area contributed by atoms with Crippen molar-refractivity contribution in [1.82, 2.24) is 10.2 Å². The molecule has 1 N–H and O–H groups in total. The Morgan fingerprint density at radius 1 is 1.06 bits per heavy atom. The second-order valence-corrected chi connectivity index (χ2v) is 6.51. The molecule has 0 radical (unpaired) electrons. The molecular weight excluding hydrogens is 224 g/mol. The first-order valence-electron chi connectivity index (χ1n) is 7.85. The summed E-state index contributed by atoms with van der Waals surface area (Å²) >= 11 is 0. The third-order valence-corrected chi connectivity index (χ3v) is 5.40. The minimum absolute atomic E-state index is 0.504. The van der Waals surface area contributed by atoms with Crippen LogP contribution in [0, 0.1) is 0 Å². The van der Waals surface area contributed by atoms with Crippen molar-refractivity contribution in [2.24, 2.45) is 0 Å². The molecule has 3 fully saturated rings. The Balaban J connectivity index is 1.58. The van der Waals surface area contributed by atoms with Gasteiger partial charge in [0.2, 0.25) is 0 Å². The fraction of sp³-hybridized carbons (Fsp3) is 1.00. The molecule has 3 saturated heterocycles. The number of hydrogen-bond acceptors (Lipinski definition) is 3. The van der Waals surface area contributed by atoms with E-state index in [1.165, 1.54) is 44.9 Å². The third-order valence-electron chi connectivity index (χ3n) is 5.40. The second-order valence-electron chi connectivity index (χ2n) is 6.51. The number of piperidine rings is 1. The molecule has 104 valence electrons. The highest BCUT2D eigenvalue weighted by atomic mass is 16.5. The number of nitrogens with one attached hydrogen (secondary N) is 1. The molecule has 0 aliphatic carbocycles. The smallest absolute Gasteiger partial charge is 0.0587 e. The van der Waals surface area contributed by atoms with Gasteiger partial charge >= 0.3 is 0 Å². The van der Waals surface area contributed by atoms with Gasteiger partial charge in [-0.3, -0.25) is 0 Å². The largest absolute Gasteiger partial charge is 0.378 e.